The molecule has 2 unspecified atom stereocenters. The molecule has 1 fully saturated rings. The fourth-order valence-corrected chi connectivity index (χ4v) is 3.62. The Morgan fingerprint density at radius 1 is 0.839 bits per heavy atom. The Hall–Kier alpha value is -2.84. The third-order valence-electron chi connectivity index (χ3n) is 5.75. The molecule has 0 radical (unpaired) electrons. The Bertz CT molecular complexity index is 945. The molecule has 6 nitrogen and oxygen atoms in total. The van der Waals surface area contributed by atoms with Crippen molar-refractivity contribution in [2.75, 3.05) is 36.8 Å². The summed E-state index contributed by atoms with van der Waals surface area (Å²) in [5, 5.41) is 5.54. The Kier molecular flexibility index (Phi) is 7.35. The van der Waals surface area contributed by atoms with Gasteiger partial charge in [-0.05, 0) is 56.7 Å². The fraction of sp³-hybridized carbons (Fsp3) is 0.391. The number of carbonyl (C=O) groups is 2. The van der Waals surface area contributed by atoms with Gasteiger partial charge < -0.3 is 10.6 Å². The molecule has 0 spiro atoms. The lowest BCUT2D eigenvalue weighted by Gasteiger charge is -2.39. The number of aryl methyl sites for hydroxylation is 1. The van der Waals surface area contributed by atoms with Crippen LogP contribution in [0.1, 0.15) is 19.4 Å². The van der Waals surface area contributed by atoms with Gasteiger partial charge in [-0.15, -0.1) is 0 Å². The second kappa shape index (κ2) is 9.98. The van der Waals surface area contributed by atoms with E-state index in [4.69, 9.17) is 0 Å². The molecule has 1 aliphatic rings. The monoisotopic (exact) mass is 430 g/mol. The number of anilines is 2. The molecule has 166 valence electrons. The Morgan fingerprint density at radius 2 is 1.39 bits per heavy atom. The highest BCUT2D eigenvalue weighted by atomic mass is 19.1. The van der Waals surface area contributed by atoms with E-state index in [1.807, 2.05) is 30.6 Å². The maximum absolute atomic E-state index is 13.5. The molecule has 2 amide bonds. The van der Waals surface area contributed by atoms with E-state index in [0.717, 1.165) is 5.56 Å². The predicted molar refractivity (Wildman–Crippen MR) is 117 cm³/mol. The molecule has 0 aromatic heterocycles. The third kappa shape index (κ3) is 5.86. The SMILES string of the molecule is Cc1ccc(F)cc1NC(=O)C(C)N1CCN(C(C)C(=O)Nc2cccc(F)c2)CC1. The topological polar surface area (TPSA) is 64.7 Å². The van der Waals surface area contributed by atoms with Crippen molar-refractivity contribution in [1.29, 1.82) is 0 Å². The first kappa shape index (κ1) is 22.8. The molecule has 1 heterocycles. The van der Waals surface area contributed by atoms with E-state index in [1.165, 1.54) is 24.3 Å². The van der Waals surface area contributed by atoms with Gasteiger partial charge in [0.05, 0.1) is 12.1 Å². The zero-order valence-electron chi connectivity index (χ0n) is 18.0. The lowest BCUT2D eigenvalue weighted by Crippen LogP contribution is -2.56. The molecular formula is C23H28F2N4O2. The van der Waals surface area contributed by atoms with Gasteiger partial charge in [0.15, 0.2) is 0 Å². The molecule has 2 aromatic carbocycles. The second-order valence-corrected chi connectivity index (χ2v) is 7.87. The minimum Gasteiger partial charge on any atom is -0.325 e. The fourth-order valence-electron chi connectivity index (χ4n) is 3.62. The van der Waals surface area contributed by atoms with Gasteiger partial charge in [-0.3, -0.25) is 19.4 Å². The molecular weight excluding hydrogens is 402 g/mol. The van der Waals surface area contributed by atoms with Gasteiger partial charge in [-0.2, -0.15) is 0 Å². The number of benzene rings is 2. The minimum atomic E-state index is -0.403. The van der Waals surface area contributed by atoms with Crippen molar-refractivity contribution in [3.63, 3.8) is 0 Å². The largest absolute Gasteiger partial charge is 0.325 e. The number of hydrogen-bond donors (Lipinski definition) is 2. The van der Waals surface area contributed by atoms with Gasteiger partial charge in [-0.1, -0.05) is 12.1 Å². The van der Waals surface area contributed by atoms with E-state index >= 15 is 0 Å². The van der Waals surface area contributed by atoms with Crippen LogP contribution in [0.2, 0.25) is 0 Å². The third-order valence-corrected chi connectivity index (χ3v) is 5.75. The summed E-state index contributed by atoms with van der Waals surface area (Å²) < 4.78 is 26.8. The molecule has 8 heteroatoms. The average Bonchev–Trinajstić information content (AvgIpc) is 2.75. The number of nitrogens with zero attached hydrogens (tertiary/aromatic N) is 2. The lowest BCUT2D eigenvalue weighted by atomic mass is 10.1. The number of rotatable bonds is 6. The summed E-state index contributed by atoms with van der Waals surface area (Å²) >= 11 is 0. The van der Waals surface area contributed by atoms with E-state index in [1.54, 1.807) is 18.2 Å². The number of amides is 2. The Balaban J connectivity index is 1.51. The minimum absolute atomic E-state index is 0.195. The van der Waals surface area contributed by atoms with Crippen molar-refractivity contribution in [3.05, 3.63) is 59.7 Å². The van der Waals surface area contributed by atoms with Gasteiger partial charge in [0.1, 0.15) is 11.6 Å². The number of hydrogen-bond acceptors (Lipinski definition) is 4. The van der Waals surface area contributed by atoms with Crippen LogP contribution in [0.3, 0.4) is 0 Å². The van der Waals surface area contributed by atoms with Crippen molar-refractivity contribution in [2.24, 2.45) is 0 Å². The van der Waals surface area contributed by atoms with Crippen molar-refractivity contribution < 1.29 is 18.4 Å². The standard InChI is InChI=1S/C23H28F2N4O2/c1-15-7-8-19(25)14-21(15)27-23(31)17(3)29-11-9-28(10-12-29)16(2)22(30)26-20-6-4-5-18(24)13-20/h4-8,13-14,16-17H,9-12H2,1-3H3,(H,26,30)(H,27,31). The van der Waals surface area contributed by atoms with E-state index in [0.29, 0.717) is 37.6 Å². The van der Waals surface area contributed by atoms with Crippen LogP contribution < -0.4 is 10.6 Å². The molecule has 1 aliphatic heterocycles. The number of piperazine rings is 1. The van der Waals surface area contributed by atoms with Crippen molar-refractivity contribution in [3.8, 4) is 0 Å². The summed E-state index contributed by atoms with van der Waals surface area (Å²) in [6.07, 6.45) is 0. The van der Waals surface area contributed by atoms with Crippen LogP contribution in [0.5, 0.6) is 0 Å². The van der Waals surface area contributed by atoms with E-state index in [9.17, 15) is 18.4 Å². The molecule has 2 aromatic rings. The molecule has 0 aliphatic carbocycles. The van der Waals surface area contributed by atoms with Gasteiger partial charge in [0.2, 0.25) is 11.8 Å². The number of nitrogens with one attached hydrogen (secondary N) is 2. The molecule has 0 bridgehead atoms. The van der Waals surface area contributed by atoms with Crippen LogP contribution in [-0.4, -0.2) is 59.9 Å². The summed E-state index contributed by atoms with van der Waals surface area (Å²) in [6.45, 7) is 7.92. The summed E-state index contributed by atoms with van der Waals surface area (Å²) in [7, 11) is 0. The quantitative estimate of drug-likeness (QED) is 0.739. The first-order chi connectivity index (χ1) is 14.7. The van der Waals surface area contributed by atoms with Crippen LogP contribution in [0.15, 0.2) is 42.5 Å². The van der Waals surface area contributed by atoms with E-state index in [2.05, 4.69) is 10.6 Å². The smallest absolute Gasteiger partial charge is 0.241 e. The summed E-state index contributed by atoms with van der Waals surface area (Å²) in [5.74, 6) is -1.20. The van der Waals surface area contributed by atoms with Crippen molar-refractivity contribution in [2.45, 2.75) is 32.9 Å². The first-order valence-electron chi connectivity index (χ1n) is 10.4. The van der Waals surface area contributed by atoms with Crippen LogP contribution in [-0.2, 0) is 9.59 Å². The molecule has 31 heavy (non-hydrogen) atoms. The average molecular weight is 430 g/mol. The van der Waals surface area contributed by atoms with Gasteiger partial charge in [0, 0.05) is 37.6 Å². The summed E-state index contributed by atoms with van der Waals surface area (Å²) in [6, 6.07) is 9.33. The van der Waals surface area contributed by atoms with Crippen molar-refractivity contribution in [1.82, 2.24) is 9.80 Å². The maximum Gasteiger partial charge on any atom is 0.241 e. The number of carbonyl (C=O) groups excluding carboxylic acids is 2. The molecule has 0 saturated carbocycles. The van der Waals surface area contributed by atoms with Crippen LogP contribution in [0, 0.1) is 18.6 Å². The van der Waals surface area contributed by atoms with Crippen LogP contribution >= 0.6 is 0 Å². The molecule has 1 saturated heterocycles. The van der Waals surface area contributed by atoms with E-state index in [-0.39, 0.29) is 23.9 Å². The van der Waals surface area contributed by atoms with Gasteiger partial charge in [0.25, 0.3) is 0 Å². The summed E-state index contributed by atoms with van der Waals surface area (Å²) in [4.78, 5) is 29.2. The van der Waals surface area contributed by atoms with Gasteiger partial charge in [-0.25, -0.2) is 8.78 Å². The molecule has 2 atom stereocenters. The highest BCUT2D eigenvalue weighted by molar-refractivity contribution is 5.95. The maximum atomic E-state index is 13.5. The van der Waals surface area contributed by atoms with Crippen LogP contribution in [0.4, 0.5) is 20.2 Å². The highest BCUT2D eigenvalue weighted by Crippen LogP contribution is 2.18. The lowest BCUT2D eigenvalue weighted by molar-refractivity contribution is -0.124. The van der Waals surface area contributed by atoms with Crippen LogP contribution in [0.25, 0.3) is 0 Å². The Morgan fingerprint density at radius 3 is 1.97 bits per heavy atom. The molecule has 3 rings (SSSR count). The number of halogens is 2. The second-order valence-electron chi connectivity index (χ2n) is 7.87. The summed E-state index contributed by atoms with van der Waals surface area (Å²) in [5.41, 5.74) is 1.69. The van der Waals surface area contributed by atoms with Crippen molar-refractivity contribution >= 4 is 23.2 Å². The predicted octanol–water partition coefficient (Wildman–Crippen LogP) is 3.25. The molecule has 2 N–H and O–H groups in total. The highest BCUT2D eigenvalue weighted by Gasteiger charge is 2.30. The first-order valence-corrected chi connectivity index (χ1v) is 10.4. The zero-order valence-corrected chi connectivity index (χ0v) is 18.0. The normalized spacial score (nSPS) is 17.1. The Labute approximate surface area is 181 Å². The van der Waals surface area contributed by atoms with E-state index < -0.39 is 11.6 Å². The zero-order chi connectivity index (χ0) is 22.5. The van der Waals surface area contributed by atoms with Gasteiger partial charge >= 0.3 is 0 Å².